The Morgan fingerprint density at radius 3 is 2.26 bits per heavy atom. The van der Waals surface area contributed by atoms with Crippen LogP contribution in [0.3, 0.4) is 0 Å². The molecule has 0 atom stereocenters. The predicted octanol–water partition coefficient (Wildman–Crippen LogP) is 8.85. The van der Waals surface area contributed by atoms with Gasteiger partial charge in [-0.1, -0.05) is 66.7 Å². The molecule has 0 aliphatic heterocycles. The molecule has 0 spiro atoms. The first-order valence-electron chi connectivity index (χ1n) is 11.5. The van der Waals surface area contributed by atoms with Crippen LogP contribution in [0.4, 0.5) is 0 Å². The summed E-state index contributed by atoms with van der Waals surface area (Å²) in [7, 11) is 0. The van der Waals surface area contributed by atoms with Crippen molar-refractivity contribution in [3.8, 4) is 5.69 Å². The lowest BCUT2D eigenvalue weighted by molar-refractivity contribution is 1.20. The Balaban J connectivity index is 1.68. The van der Waals surface area contributed by atoms with E-state index in [9.17, 15) is 0 Å². The highest BCUT2D eigenvalue weighted by Gasteiger charge is 2.20. The number of aromatic nitrogens is 2. The lowest BCUT2D eigenvalue weighted by Crippen LogP contribution is -1.96. The Morgan fingerprint density at radius 1 is 0.588 bits per heavy atom. The molecule has 0 aliphatic rings. The van der Waals surface area contributed by atoms with Crippen LogP contribution >= 0.6 is 11.3 Å². The van der Waals surface area contributed by atoms with Crippen molar-refractivity contribution in [1.82, 2.24) is 9.55 Å². The number of thiophene rings is 1. The first-order chi connectivity index (χ1) is 16.9. The normalized spacial score (nSPS) is 12.1. The number of hydrogen-bond donors (Lipinski definition) is 0. The second kappa shape index (κ2) is 6.66. The molecule has 8 aromatic rings. The zero-order chi connectivity index (χ0) is 22.2. The molecule has 0 aliphatic carbocycles. The summed E-state index contributed by atoms with van der Waals surface area (Å²) in [6.45, 7) is 0. The SMILES string of the molecule is c1ccc2c(c1)cc(-n1c3cccnc3c3ccc4sc5ccccc5c4c31)c1ccccc12. The molecule has 3 heteroatoms. The summed E-state index contributed by atoms with van der Waals surface area (Å²) in [5.41, 5.74) is 4.63. The Labute approximate surface area is 199 Å². The van der Waals surface area contributed by atoms with Crippen LogP contribution in [0.1, 0.15) is 0 Å². The zero-order valence-electron chi connectivity index (χ0n) is 18.2. The van der Waals surface area contributed by atoms with Gasteiger partial charge in [0.2, 0.25) is 0 Å². The van der Waals surface area contributed by atoms with E-state index in [2.05, 4.69) is 102 Å². The molecule has 2 nitrogen and oxygen atoms in total. The van der Waals surface area contributed by atoms with Gasteiger partial charge < -0.3 is 4.57 Å². The minimum Gasteiger partial charge on any atom is -0.306 e. The summed E-state index contributed by atoms with van der Waals surface area (Å²) in [5, 5.41) is 8.88. The molecule has 34 heavy (non-hydrogen) atoms. The maximum absolute atomic E-state index is 4.85. The average Bonchev–Trinajstić information content (AvgIpc) is 3.44. The smallest absolute Gasteiger partial charge is 0.0963 e. The molecule has 5 aromatic carbocycles. The van der Waals surface area contributed by atoms with Crippen molar-refractivity contribution in [3.63, 3.8) is 0 Å². The van der Waals surface area contributed by atoms with Gasteiger partial charge in [-0.2, -0.15) is 0 Å². The van der Waals surface area contributed by atoms with Crippen LogP contribution in [0, 0.1) is 0 Å². The van der Waals surface area contributed by atoms with E-state index in [1.807, 2.05) is 23.6 Å². The molecular weight excluding hydrogens is 432 g/mol. The molecule has 0 radical (unpaired) electrons. The average molecular weight is 451 g/mol. The van der Waals surface area contributed by atoms with Gasteiger partial charge in [-0.3, -0.25) is 4.98 Å². The number of rotatable bonds is 1. The maximum atomic E-state index is 4.85. The first-order valence-corrected chi connectivity index (χ1v) is 12.3. The van der Waals surface area contributed by atoms with Crippen LogP contribution in [-0.2, 0) is 0 Å². The quantitative estimate of drug-likeness (QED) is 0.228. The number of nitrogens with zero attached hydrogens (tertiary/aromatic N) is 2. The molecule has 0 saturated heterocycles. The minimum atomic E-state index is 1.05. The maximum Gasteiger partial charge on any atom is 0.0963 e. The third-order valence-electron chi connectivity index (χ3n) is 7.01. The van der Waals surface area contributed by atoms with E-state index in [4.69, 9.17) is 4.98 Å². The summed E-state index contributed by atoms with van der Waals surface area (Å²) in [6, 6.07) is 37.3. The van der Waals surface area contributed by atoms with Gasteiger partial charge in [0.15, 0.2) is 0 Å². The molecule has 3 aromatic heterocycles. The van der Waals surface area contributed by atoms with Crippen molar-refractivity contribution < 1.29 is 0 Å². The van der Waals surface area contributed by atoms with Gasteiger partial charge in [-0.15, -0.1) is 11.3 Å². The number of benzene rings is 5. The predicted molar refractivity (Wildman–Crippen MR) is 146 cm³/mol. The highest BCUT2D eigenvalue weighted by atomic mass is 32.1. The van der Waals surface area contributed by atoms with Gasteiger partial charge in [0.25, 0.3) is 0 Å². The highest BCUT2D eigenvalue weighted by Crippen LogP contribution is 2.43. The molecule has 0 N–H and O–H groups in total. The van der Waals surface area contributed by atoms with Crippen LogP contribution in [0.15, 0.2) is 109 Å². The summed E-state index contributed by atoms with van der Waals surface area (Å²) in [4.78, 5) is 4.85. The fourth-order valence-corrected chi connectivity index (χ4v) is 6.71. The van der Waals surface area contributed by atoms with Crippen molar-refractivity contribution in [1.29, 1.82) is 0 Å². The fourth-order valence-electron chi connectivity index (χ4n) is 5.60. The van der Waals surface area contributed by atoms with E-state index in [1.54, 1.807) is 0 Å². The van der Waals surface area contributed by atoms with Gasteiger partial charge in [0, 0.05) is 37.1 Å². The van der Waals surface area contributed by atoms with E-state index in [0.717, 1.165) is 11.0 Å². The second-order valence-corrected chi connectivity index (χ2v) is 9.89. The number of fused-ring (bicyclic) bond motifs is 10. The van der Waals surface area contributed by atoms with Crippen molar-refractivity contribution in [2.45, 2.75) is 0 Å². The van der Waals surface area contributed by atoms with Gasteiger partial charge in [0.05, 0.1) is 22.2 Å². The summed E-state index contributed by atoms with van der Waals surface area (Å²) >= 11 is 1.86. The molecule has 0 bridgehead atoms. The van der Waals surface area contributed by atoms with E-state index in [0.29, 0.717) is 0 Å². The standard InChI is InChI=1S/C31H18N2S/c1-2-9-20-19(8-1)18-26(22-11-4-3-10-21(20)22)33-25-13-7-17-32-30(25)24-15-16-28-29(31(24)33)23-12-5-6-14-27(23)34-28/h1-18H. The minimum absolute atomic E-state index is 1.05. The fraction of sp³-hybridized carbons (Fsp3) is 0. The van der Waals surface area contributed by atoms with Crippen molar-refractivity contribution in [2.24, 2.45) is 0 Å². The van der Waals surface area contributed by atoms with E-state index in [1.165, 1.54) is 58.3 Å². The summed E-state index contributed by atoms with van der Waals surface area (Å²) in [5.74, 6) is 0. The van der Waals surface area contributed by atoms with Crippen molar-refractivity contribution in [2.75, 3.05) is 0 Å². The largest absolute Gasteiger partial charge is 0.306 e. The molecule has 0 saturated carbocycles. The van der Waals surface area contributed by atoms with Gasteiger partial charge >= 0.3 is 0 Å². The highest BCUT2D eigenvalue weighted by molar-refractivity contribution is 7.26. The van der Waals surface area contributed by atoms with E-state index >= 15 is 0 Å². The summed E-state index contributed by atoms with van der Waals surface area (Å²) in [6.07, 6.45) is 1.90. The van der Waals surface area contributed by atoms with Gasteiger partial charge in [-0.05, 0) is 52.6 Å². The molecule has 8 rings (SSSR count). The van der Waals surface area contributed by atoms with Crippen molar-refractivity contribution in [3.05, 3.63) is 109 Å². The lowest BCUT2D eigenvalue weighted by Gasteiger charge is -2.14. The van der Waals surface area contributed by atoms with Crippen LogP contribution in [0.5, 0.6) is 0 Å². The first kappa shape index (κ1) is 18.2. The zero-order valence-corrected chi connectivity index (χ0v) is 19.0. The second-order valence-electron chi connectivity index (χ2n) is 8.80. The van der Waals surface area contributed by atoms with Crippen LogP contribution in [0.2, 0.25) is 0 Å². The molecule has 0 unspecified atom stereocenters. The monoisotopic (exact) mass is 450 g/mol. The third-order valence-corrected chi connectivity index (χ3v) is 8.15. The topological polar surface area (TPSA) is 17.8 Å². The Kier molecular flexibility index (Phi) is 3.57. The van der Waals surface area contributed by atoms with Crippen molar-refractivity contribution >= 4 is 75.0 Å². The lowest BCUT2D eigenvalue weighted by atomic mass is 10.00. The molecule has 3 heterocycles. The van der Waals surface area contributed by atoms with Gasteiger partial charge in [-0.25, -0.2) is 0 Å². The molecular formula is C31H18N2S. The van der Waals surface area contributed by atoms with Crippen LogP contribution in [-0.4, -0.2) is 9.55 Å². The molecule has 0 amide bonds. The summed E-state index contributed by atoms with van der Waals surface area (Å²) < 4.78 is 5.08. The number of hydrogen-bond acceptors (Lipinski definition) is 2. The van der Waals surface area contributed by atoms with Crippen LogP contribution < -0.4 is 0 Å². The van der Waals surface area contributed by atoms with Gasteiger partial charge in [0.1, 0.15) is 0 Å². The Morgan fingerprint density at radius 2 is 1.35 bits per heavy atom. The molecule has 158 valence electrons. The van der Waals surface area contributed by atoms with Crippen LogP contribution in [0.25, 0.3) is 69.3 Å². The van der Waals surface area contributed by atoms with E-state index in [-0.39, 0.29) is 0 Å². The Bertz CT molecular complexity index is 2080. The Hall–Kier alpha value is -4.21. The number of pyridine rings is 1. The molecule has 0 fully saturated rings. The van der Waals surface area contributed by atoms with E-state index < -0.39 is 0 Å². The third kappa shape index (κ3) is 2.32.